The van der Waals surface area contributed by atoms with E-state index in [1.807, 2.05) is 0 Å². The van der Waals surface area contributed by atoms with Gasteiger partial charge in [0, 0.05) is 25.2 Å². The lowest BCUT2D eigenvalue weighted by atomic mass is 10.1. The molecule has 0 atom stereocenters. The van der Waals surface area contributed by atoms with Crippen LogP contribution >= 0.6 is 0 Å². The number of H-pyrrole nitrogens is 1. The van der Waals surface area contributed by atoms with E-state index >= 15 is 0 Å². The normalized spacial score (nSPS) is 10.7. The number of hydrogen-bond acceptors (Lipinski definition) is 5. The van der Waals surface area contributed by atoms with Crippen molar-refractivity contribution in [1.82, 2.24) is 20.2 Å². The molecule has 0 aliphatic carbocycles. The SMILES string of the molecule is CCn1c(=O)[nH]c2cc(C(=O)NCCNC(=O)c3ccco3)ccc2c1=O. The Hall–Kier alpha value is -3.62. The molecule has 0 unspecified atom stereocenters. The number of furan rings is 1. The Balaban J connectivity index is 1.65. The monoisotopic (exact) mass is 370 g/mol. The molecule has 2 heterocycles. The minimum Gasteiger partial charge on any atom is -0.459 e. The number of nitrogens with one attached hydrogen (secondary N) is 3. The van der Waals surface area contributed by atoms with Gasteiger partial charge < -0.3 is 20.0 Å². The molecule has 0 fully saturated rings. The average Bonchev–Trinajstić information content (AvgIpc) is 3.19. The standard InChI is InChI=1S/C18H18N4O5/c1-2-22-17(25)12-6-5-11(10-13(12)21-18(22)26)15(23)19-7-8-20-16(24)14-4-3-9-27-14/h3-6,9-10H,2,7-8H2,1H3,(H,19,23)(H,20,24)(H,21,26). The maximum atomic E-state index is 12.2. The summed E-state index contributed by atoms with van der Waals surface area (Å²) in [6.07, 6.45) is 1.40. The van der Waals surface area contributed by atoms with E-state index in [1.54, 1.807) is 13.0 Å². The Morgan fingerprint density at radius 1 is 1.11 bits per heavy atom. The Morgan fingerprint density at radius 3 is 2.52 bits per heavy atom. The number of rotatable bonds is 6. The number of hydrogen-bond donors (Lipinski definition) is 3. The van der Waals surface area contributed by atoms with Crippen molar-refractivity contribution in [1.29, 1.82) is 0 Å². The number of fused-ring (bicyclic) bond motifs is 1. The van der Waals surface area contributed by atoms with Crippen LogP contribution in [0.25, 0.3) is 10.9 Å². The lowest BCUT2D eigenvalue weighted by molar-refractivity contribution is 0.0910. The molecule has 0 radical (unpaired) electrons. The zero-order valence-corrected chi connectivity index (χ0v) is 14.6. The third-order valence-electron chi connectivity index (χ3n) is 4.00. The smallest absolute Gasteiger partial charge is 0.328 e. The van der Waals surface area contributed by atoms with Gasteiger partial charge in [0.05, 0.1) is 17.2 Å². The van der Waals surface area contributed by atoms with Crippen molar-refractivity contribution in [2.24, 2.45) is 0 Å². The van der Waals surface area contributed by atoms with Crippen LogP contribution in [0.3, 0.4) is 0 Å². The maximum absolute atomic E-state index is 12.2. The van der Waals surface area contributed by atoms with Crippen LogP contribution in [0.1, 0.15) is 27.8 Å². The number of carbonyl (C=O) groups excluding carboxylic acids is 2. The summed E-state index contributed by atoms with van der Waals surface area (Å²) in [5.74, 6) is -0.563. The van der Waals surface area contributed by atoms with Crippen molar-refractivity contribution >= 4 is 22.7 Å². The highest BCUT2D eigenvalue weighted by Crippen LogP contribution is 2.09. The van der Waals surface area contributed by atoms with Crippen molar-refractivity contribution in [2.75, 3.05) is 13.1 Å². The van der Waals surface area contributed by atoms with Crippen molar-refractivity contribution in [3.05, 3.63) is 68.8 Å². The highest BCUT2D eigenvalue weighted by atomic mass is 16.3. The second-order valence-electron chi connectivity index (χ2n) is 5.73. The van der Waals surface area contributed by atoms with Gasteiger partial charge in [-0.2, -0.15) is 0 Å². The predicted octanol–water partition coefficient (Wildman–Crippen LogP) is 0.462. The molecule has 0 spiro atoms. The van der Waals surface area contributed by atoms with Gasteiger partial charge in [-0.15, -0.1) is 0 Å². The van der Waals surface area contributed by atoms with E-state index in [0.717, 1.165) is 4.57 Å². The number of aromatic amines is 1. The van der Waals surface area contributed by atoms with Gasteiger partial charge >= 0.3 is 5.69 Å². The van der Waals surface area contributed by atoms with Gasteiger partial charge in [0.15, 0.2) is 5.76 Å². The van der Waals surface area contributed by atoms with Crippen LogP contribution in [-0.4, -0.2) is 34.5 Å². The molecule has 0 aliphatic rings. The van der Waals surface area contributed by atoms with Crippen LogP contribution in [0, 0.1) is 0 Å². The molecule has 9 nitrogen and oxygen atoms in total. The minimum atomic E-state index is -0.520. The molecule has 0 saturated carbocycles. The number of amides is 2. The number of benzene rings is 1. The molecule has 2 amide bonds. The highest BCUT2D eigenvalue weighted by molar-refractivity contribution is 5.97. The van der Waals surface area contributed by atoms with Gasteiger partial charge in [-0.25, -0.2) is 4.79 Å². The summed E-state index contributed by atoms with van der Waals surface area (Å²) >= 11 is 0. The maximum Gasteiger partial charge on any atom is 0.328 e. The van der Waals surface area contributed by atoms with Crippen LogP contribution in [0.5, 0.6) is 0 Å². The number of aromatic nitrogens is 2. The second kappa shape index (κ2) is 7.73. The molecule has 0 aliphatic heterocycles. The highest BCUT2D eigenvalue weighted by Gasteiger charge is 2.11. The summed E-state index contributed by atoms with van der Waals surface area (Å²) in [6, 6.07) is 7.62. The topological polar surface area (TPSA) is 126 Å². The third kappa shape index (κ3) is 3.81. The molecule has 0 bridgehead atoms. The molecule has 3 aromatic rings. The molecule has 3 N–H and O–H groups in total. The van der Waals surface area contributed by atoms with E-state index < -0.39 is 11.2 Å². The van der Waals surface area contributed by atoms with Crippen molar-refractivity contribution in [2.45, 2.75) is 13.5 Å². The fraction of sp³-hybridized carbons (Fsp3) is 0.222. The van der Waals surface area contributed by atoms with Crippen LogP contribution in [0.4, 0.5) is 0 Å². The van der Waals surface area contributed by atoms with E-state index in [0.29, 0.717) is 16.5 Å². The first-order valence-corrected chi connectivity index (χ1v) is 8.38. The first-order valence-electron chi connectivity index (χ1n) is 8.38. The Labute approximate surface area is 153 Å². The first-order chi connectivity index (χ1) is 13.0. The zero-order valence-electron chi connectivity index (χ0n) is 14.6. The van der Waals surface area contributed by atoms with Crippen LogP contribution in [0.15, 0.2) is 50.6 Å². The van der Waals surface area contributed by atoms with Crippen LogP contribution in [-0.2, 0) is 6.54 Å². The van der Waals surface area contributed by atoms with Gasteiger partial charge in [-0.3, -0.25) is 19.0 Å². The Bertz CT molecular complexity index is 1100. The molecular weight excluding hydrogens is 352 g/mol. The largest absolute Gasteiger partial charge is 0.459 e. The quantitative estimate of drug-likeness (QED) is 0.544. The fourth-order valence-electron chi connectivity index (χ4n) is 2.63. The number of nitrogens with zero attached hydrogens (tertiary/aromatic N) is 1. The van der Waals surface area contributed by atoms with E-state index in [9.17, 15) is 19.2 Å². The van der Waals surface area contributed by atoms with Gasteiger partial charge in [0.2, 0.25) is 0 Å². The predicted molar refractivity (Wildman–Crippen MR) is 97.9 cm³/mol. The summed E-state index contributed by atoms with van der Waals surface area (Å²) in [6.45, 7) is 2.39. The molecule has 0 saturated heterocycles. The summed E-state index contributed by atoms with van der Waals surface area (Å²) in [5.41, 5.74) is -0.324. The molecule has 3 rings (SSSR count). The molecule has 140 valence electrons. The van der Waals surface area contributed by atoms with Gasteiger partial charge in [0.1, 0.15) is 0 Å². The minimum absolute atomic E-state index is 0.192. The van der Waals surface area contributed by atoms with E-state index in [1.165, 1.54) is 30.5 Å². The Morgan fingerprint density at radius 2 is 1.85 bits per heavy atom. The lowest BCUT2D eigenvalue weighted by Gasteiger charge is -2.08. The second-order valence-corrected chi connectivity index (χ2v) is 5.73. The third-order valence-corrected chi connectivity index (χ3v) is 4.00. The van der Waals surface area contributed by atoms with Crippen LogP contribution in [0.2, 0.25) is 0 Å². The summed E-state index contributed by atoms with van der Waals surface area (Å²) < 4.78 is 6.05. The molecular formula is C18H18N4O5. The van der Waals surface area contributed by atoms with Crippen molar-refractivity contribution < 1.29 is 14.0 Å². The van der Waals surface area contributed by atoms with Gasteiger partial charge in [-0.05, 0) is 37.3 Å². The van der Waals surface area contributed by atoms with Gasteiger partial charge in [-0.1, -0.05) is 0 Å². The summed E-state index contributed by atoms with van der Waals surface area (Å²) in [7, 11) is 0. The van der Waals surface area contributed by atoms with E-state index in [2.05, 4.69) is 15.6 Å². The molecule has 9 heteroatoms. The number of carbonyl (C=O) groups is 2. The molecule has 1 aromatic carbocycles. The van der Waals surface area contributed by atoms with E-state index in [-0.39, 0.29) is 37.2 Å². The molecule has 2 aromatic heterocycles. The lowest BCUT2D eigenvalue weighted by Crippen LogP contribution is -2.35. The fourth-order valence-corrected chi connectivity index (χ4v) is 2.63. The Kier molecular flexibility index (Phi) is 5.20. The summed E-state index contributed by atoms with van der Waals surface area (Å²) in [5, 5.41) is 5.60. The zero-order chi connectivity index (χ0) is 19.4. The van der Waals surface area contributed by atoms with E-state index in [4.69, 9.17) is 4.42 Å². The average molecular weight is 370 g/mol. The molecule has 27 heavy (non-hydrogen) atoms. The van der Waals surface area contributed by atoms with Gasteiger partial charge in [0.25, 0.3) is 17.4 Å². The van der Waals surface area contributed by atoms with Crippen molar-refractivity contribution in [3.63, 3.8) is 0 Å². The summed E-state index contributed by atoms with van der Waals surface area (Å²) in [4.78, 5) is 50.7. The van der Waals surface area contributed by atoms with Crippen LogP contribution < -0.4 is 21.9 Å². The first kappa shape index (κ1) is 18.2. The van der Waals surface area contributed by atoms with Crippen molar-refractivity contribution in [3.8, 4) is 0 Å².